The normalized spacial score (nSPS) is 11.9. The summed E-state index contributed by atoms with van der Waals surface area (Å²) in [6.07, 6.45) is 0. The number of benzene rings is 1. The number of hydrogen-bond acceptors (Lipinski definition) is 5. The molecule has 2 aromatic rings. The lowest BCUT2D eigenvalue weighted by Gasteiger charge is -2.26. The zero-order valence-electron chi connectivity index (χ0n) is 14.7. The maximum Gasteiger partial charge on any atom is 0.233 e. The van der Waals surface area contributed by atoms with Crippen molar-refractivity contribution in [3.63, 3.8) is 0 Å². The van der Waals surface area contributed by atoms with E-state index in [0.29, 0.717) is 10.9 Å². The third-order valence-corrected chi connectivity index (χ3v) is 4.68. The Hall–Kier alpha value is -2.08. The average molecular weight is 345 g/mol. The molecule has 0 aliphatic heterocycles. The second-order valence-corrected chi connectivity index (χ2v) is 6.59. The number of rotatable bonds is 6. The molecule has 24 heavy (non-hydrogen) atoms. The summed E-state index contributed by atoms with van der Waals surface area (Å²) in [7, 11) is 3.45. The molecule has 1 amide bonds. The Morgan fingerprint density at radius 1 is 1.25 bits per heavy atom. The number of carbonyl (C=O) groups is 1. The van der Waals surface area contributed by atoms with Gasteiger partial charge < -0.3 is 9.64 Å². The first-order valence-electron chi connectivity index (χ1n) is 7.76. The number of aromatic nitrogens is 2. The minimum absolute atomic E-state index is 0.0289. The number of ether oxygens (including phenoxy) is 1. The van der Waals surface area contributed by atoms with Crippen LogP contribution in [0.1, 0.15) is 29.9 Å². The lowest BCUT2D eigenvalue weighted by molar-refractivity contribution is -0.128. The Morgan fingerprint density at radius 2 is 1.88 bits per heavy atom. The lowest BCUT2D eigenvalue weighted by Crippen LogP contribution is -2.31. The minimum atomic E-state index is -0.0746. The zero-order chi connectivity index (χ0) is 17.7. The fraction of sp³-hybridized carbons (Fsp3) is 0.389. The van der Waals surface area contributed by atoms with Gasteiger partial charge in [-0.05, 0) is 32.9 Å². The molecule has 6 heteroatoms. The SMILES string of the molecule is COc1ccccc1C(C)N(C)C(=O)CSc1nc(C)cc(C)n1. The molecule has 0 aliphatic rings. The summed E-state index contributed by atoms with van der Waals surface area (Å²) in [6.45, 7) is 5.85. The molecule has 1 heterocycles. The second-order valence-electron chi connectivity index (χ2n) is 5.64. The quantitative estimate of drug-likeness (QED) is 0.593. The highest BCUT2D eigenvalue weighted by molar-refractivity contribution is 7.99. The summed E-state index contributed by atoms with van der Waals surface area (Å²) < 4.78 is 5.39. The van der Waals surface area contributed by atoms with Gasteiger partial charge in [0.2, 0.25) is 5.91 Å². The van der Waals surface area contributed by atoms with Crippen LogP contribution in [0.15, 0.2) is 35.5 Å². The Kier molecular flexibility index (Phi) is 6.20. The highest BCUT2D eigenvalue weighted by Crippen LogP contribution is 2.28. The van der Waals surface area contributed by atoms with Crippen LogP contribution in [0.25, 0.3) is 0 Å². The molecule has 1 atom stereocenters. The van der Waals surface area contributed by atoms with Gasteiger partial charge in [-0.15, -0.1) is 0 Å². The number of carbonyl (C=O) groups excluding carboxylic acids is 1. The second kappa shape index (κ2) is 8.15. The van der Waals surface area contributed by atoms with Crippen LogP contribution in [-0.2, 0) is 4.79 Å². The predicted molar refractivity (Wildman–Crippen MR) is 96.4 cm³/mol. The lowest BCUT2D eigenvalue weighted by atomic mass is 10.1. The largest absolute Gasteiger partial charge is 0.496 e. The first-order chi connectivity index (χ1) is 11.4. The van der Waals surface area contributed by atoms with Crippen molar-refractivity contribution in [2.45, 2.75) is 32.0 Å². The molecular formula is C18H23N3O2S. The number of hydrogen-bond donors (Lipinski definition) is 0. The van der Waals surface area contributed by atoms with E-state index in [1.54, 1.807) is 12.0 Å². The van der Waals surface area contributed by atoms with Crippen LogP contribution in [0, 0.1) is 13.8 Å². The Labute approximate surface area is 147 Å². The van der Waals surface area contributed by atoms with Gasteiger partial charge in [0.15, 0.2) is 5.16 Å². The van der Waals surface area contributed by atoms with Crippen LogP contribution >= 0.6 is 11.8 Å². The molecule has 0 aliphatic carbocycles. The molecule has 0 spiro atoms. The van der Waals surface area contributed by atoms with Gasteiger partial charge >= 0.3 is 0 Å². The molecular weight excluding hydrogens is 322 g/mol. The molecule has 1 aromatic heterocycles. The topological polar surface area (TPSA) is 55.3 Å². The first kappa shape index (κ1) is 18.3. The first-order valence-corrected chi connectivity index (χ1v) is 8.74. The van der Waals surface area contributed by atoms with Crippen molar-refractivity contribution >= 4 is 17.7 Å². The molecule has 0 saturated heterocycles. The van der Waals surface area contributed by atoms with E-state index in [2.05, 4.69) is 9.97 Å². The van der Waals surface area contributed by atoms with Crippen molar-refractivity contribution in [1.29, 1.82) is 0 Å². The van der Waals surface area contributed by atoms with E-state index in [1.807, 2.05) is 58.2 Å². The maximum absolute atomic E-state index is 12.5. The Bertz CT molecular complexity index is 701. The molecule has 0 radical (unpaired) electrons. The third-order valence-electron chi connectivity index (χ3n) is 3.85. The van der Waals surface area contributed by atoms with Gasteiger partial charge in [-0.2, -0.15) is 0 Å². The zero-order valence-corrected chi connectivity index (χ0v) is 15.6. The van der Waals surface area contributed by atoms with Crippen molar-refractivity contribution in [3.05, 3.63) is 47.3 Å². The molecule has 0 saturated carbocycles. The van der Waals surface area contributed by atoms with Crippen LogP contribution in [0.4, 0.5) is 0 Å². The van der Waals surface area contributed by atoms with Crippen LogP contribution in [0.3, 0.4) is 0 Å². The molecule has 0 N–H and O–H groups in total. The maximum atomic E-state index is 12.5. The number of nitrogens with zero attached hydrogens (tertiary/aromatic N) is 3. The molecule has 0 bridgehead atoms. The molecule has 1 aromatic carbocycles. The fourth-order valence-corrected chi connectivity index (χ4v) is 3.30. The van der Waals surface area contributed by atoms with Gasteiger partial charge in [0.25, 0.3) is 0 Å². The van der Waals surface area contributed by atoms with E-state index in [1.165, 1.54) is 11.8 Å². The van der Waals surface area contributed by atoms with Gasteiger partial charge in [-0.25, -0.2) is 9.97 Å². The van der Waals surface area contributed by atoms with E-state index in [0.717, 1.165) is 22.7 Å². The average Bonchev–Trinajstić information content (AvgIpc) is 2.57. The molecule has 5 nitrogen and oxygen atoms in total. The van der Waals surface area contributed by atoms with Crippen LogP contribution in [0.5, 0.6) is 5.75 Å². The highest BCUT2D eigenvalue weighted by atomic mass is 32.2. The number of thioether (sulfide) groups is 1. The van der Waals surface area contributed by atoms with E-state index < -0.39 is 0 Å². The summed E-state index contributed by atoms with van der Waals surface area (Å²) in [6, 6.07) is 9.60. The van der Waals surface area contributed by atoms with Crippen molar-refractivity contribution in [1.82, 2.24) is 14.9 Å². The smallest absolute Gasteiger partial charge is 0.233 e. The van der Waals surface area contributed by atoms with Crippen LogP contribution < -0.4 is 4.74 Å². The van der Waals surface area contributed by atoms with Crippen LogP contribution in [0.2, 0.25) is 0 Å². The van der Waals surface area contributed by atoms with E-state index in [-0.39, 0.29) is 11.9 Å². The molecule has 1 unspecified atom stereocenters. The standard InChI is InChI=1S/C18H23N3O2S/c1-12-10-13(2)20-18(19-12)24-11-17(22)21(4)14(3)15-8-6-7-9-16(15)23-5/h6-10,14H,11H2,1-5H3. The summed E-state index contributed by atoms with van der Waals surface area (Å²) in [4.78, 5) is 23.0. The van der Waals surface area contributed by atoms with Crippen molar-refractivity contribution < 1.29 is 9.53 Å². The molecule has 2 rings (SSSR count). The van der Waals surface area contributed by atoms with E-state index in [4.69, 9.17) is 4.74 Å². The number of amides is 1. The van der Waals surface area contributed by atoms with Gasteiger partial charge in [0.05, 0.1) is 18.9 Å². The van der Waals surface area contributed by atoms with Gasteiger partial charge in [-0.1, -0.05) is 30.0 Å². The number of para-hydroxylation sites is 1. The third kappa shape index (κ3) is 4.47. The minimum Gasteiger partial charge on any atom is -0.496 e. The summed E-state index contributed by atoms with van der Waals surface area (Å²) in [5.41, 5.74) is 2.81. The summed E-state index contributed by atoms with van der Waals surface area (Å²) in [5.74, 6) is 1.12. The molecule has 0 fully saturated rings. The van der Waals surface area contributed by atoms with Gasteiger partial charge in [0.1, 0.15) is 5.75 Å². The number of aryl methyl sites for hydroxylation is 2. The summed E-state index contributed by atoms with van der Waals surface area (Å²) >= 11 is 1.36. The van der Waals surface area contributed by atoms with E-state index in [9.17, 15) is 4.79 Å². The fourth-order valence-electron chi connectivity index (χ4n) is 2.42. The Morgan fingerprint density at radius 3 is 2.50 bits per heavy atom. The van der Waals surface area contributed by atoms with E-state index >= 15 is 0 Å². The van der Waals surface area contributed by atoms with Crippen molar-refractivity contribution in [2.24, 2.45) is 0 Å². The highest BCUT2D eigenvalue weighted by Gasteiger charge is 2.20. The van der Waals surface area contributed by atoms with Crippen molar-refractivity contribution in [2.75, 3.05) is 19.9 Å². The van der Waals surface area contributed by atoms with Gasteiger partial charge in [0, 0.05) is 24.0 Å². The van der Waals surface area contributed by atoms with Gasteiger partial charge in [-0.3, -0.25) is 4.79 Å². The van der Waals surface area contributed by atoms with Crippen LogP contribution in [-0.4, -0.2) is 40.7 Å². The van der Waals surface area contributed by atoms with Crippen molar-refractivity contribution in [3.8, 4) is 5.75 Å². The predicted octanol–water partition coefficient (Wildman–Crippen LogP) is 3.41. The molecule has 128 valence electrons. The monoisotopic (exact) mass is 345 g/mol. The number of methoxy groups -OCH3 is 1. The Balaban J connectivity index is 2.03. The summed E-state index contributed by atoms with van der Waals surface area (Å²) in [5, 5.41) is 0.638.